The smallest absolute Gasteiger partial charge is 0.312 e. The van der Waals surface area contributed by atoms with Crippen LogP contribution in [0.1, 0.15) is 31.7 Å². The topological polar surface area (TPSA) is 59.9 Å². The minimum absolute atomic E-state index is 0.241. The zero-order chi connectivity index (χ0) is 18.9. The molecular weight excluding hydrogens is 340 g/mol. The van der Waals surface area contributed by atoms with Crippen LogP contribution < -0.4 is 0 Å². The van der Waals surface area contributed by atoms with Gasteiger partial charge in [0.2, 0.25) is 0 Å². The third-order valence-electron chi connectivity index (χ3n) is 6.90. The van der Waals surface area contributed by atoms with Gasteiger partial charge in [-0.3, -0.25) is 19.6 Å². The van der Waals surface area contributed by atoms with Crippen molar-refractivity contribution in [3.63, 3.8) is 0 Å². The summed E-state index contributed by atoms with van der Waals surface area (Å²) >= 11 is 0. The Hall–Kier alpha value is -1.50. The normalized spacial score (nSPS) is 30.6. The molecule has 1 N–H and O–H groups in total. The lowest BCUT2D eigenvalue weighted by Gasteiger charge is -2.37. The Morgan fingerprint density at radius 1 is 1.19 bits per heavy atom. The van der Waals surface area contributed by atoms with Crippen molar-refractivity contribution >= 4 is 5.97 Å². The predicted octanol–water partition coefficient (Wildman–Crippen LogP) is 1.77. The van der Waals surface area contributed by atoms with Crippen molar-refractivity contribution in [1.29, 1.82) is 0 Å². The fraction of sp³-hybridized carbons (Fsp3) is 0.714. The van der Waals surface area contributed by atoms with Gasteiger partial charge < -0.3 is 10.0 Å². The molecule has 0 saturated carbocycles. The molecule has 4 rings (SSSR count). The molecule has 0 unspecified atom stereocenters. The number of carboxylic acids is 1. The number of rotatable bonds is 6. The van der Waals surface area contributed by atoms with Gasteiger partial charge in [0.25, 0.3) is 0 Å². The molecule has 6 heteroatoms. The molecule has 3 aliphatic heterocycles. The number of piperidine rings is 1. The van der Waals surface area contributed by atoms with Gasteiger partial charge in [-0.05, 0) is 56.6 Å². The second-order valence-corrected chi connectivity index (χ2v) is 8.69. The first-order chi connectivity index (χ1) is 13.1. The van der Waals surface area contributed by atoms with E-state index < -0.39 is 11.4 Å². The van der Waals surface area contributed by atoms with Gasteiger partial charge in [0.05, 0.1) is 5.41 Å². The van der Waals surface area contributed by atoms with Gasteiger partial charge in [0, 0.05) is 57.1 Å². The Labute approximate surface area is 162 Å². The standard InChI is InChI=1S/C21H32N4O2/c1-2-9-23-10-5-19(6-11-23)25-14-18-13-24(12-17-3-7-22-8-4-17)15-21(18,16-25)20(26)27/h3-4,7-8,18-19H,2,5-6,9-16H2,1H3,(H,26,27)/t18-,21-/m0/s1. The molecule has 0 aliphatic carbocycles. The maximum absolute atomic E-state index is 12.3. The van der Waals surface area contributed by atoms with Gasteiger partial charge in [-0.15, -0.1) is 0 Å². The summed E-state index contributed by atoms with van der Waals surface area (Å²) in [4.78, 5) is 23.8. The summed E-state index contributed by atoms with van der Waals surface area (Å²) in [6.45, 7) is 9.79. The Kier molecular flexibility index (Phi) is 5.48. The van der Waals surface area contributed by atoms with E-state index in [1.54, 1.807) is 0 Å². The van der Waals surface area contributed by atoms with E-state index in [0.717, 1.165) is 39.3 Å². The fourth-order valence-corrected chi connectivity index (χ4v) is 5.48. The summed E-state index contributed by atoms with van der Waals surface area (Å²) < 4.78 is 0. The summed E-state index contributed by atoms with van der Waals surface area (Å²) in [7, 11) is 0. The van der Waals surface area contributed by atoms with Crippen molar-refractivity contribution in [1.82, 2.24) is 19.7 Å². The number of nitrogens with zero attached hydrogens (tertiary/aromatic N) is 4. The van der Waals surface area contributed by atoms with Gasteiger partial charge >= 0.3 is 5.97 Å². The summed E-state index contributed by atoms with van der Waals surface area (Å²) in [5, 5.41) is 10.1. The number of aromatic nitrogens is 1. The van der Waals surface area contributed by atoms with Crippen LogP contribution in [-0.4, -0.2) is 82.6 Å². The molecular formula is C21H32N4O2. The highest BCUT2D eigenvalue weighted by atomic mass is 16.4. The molecule has 1 aromatic rings. The minimum atomic E-state index is -0.601. The second-order valence-electron chi connectivity index (χ2n) is 8.69. The Morgan fingerprint density at radius 3 is 2.56 bits per heavy atom. The first kappa shape index (κ1) is 18.8. The molecule has 0 aromatic carbocycles. The maximum atomic E-state index is 12.3. The first-order valence-corrected chi connectivity index (χ1v) is 10.4. The number of aliphatic carboxylic acids is 1. The highest BCUT2D eigenvalue weighted by molar-refractivity contribution is 5.77. The number of hydrogen-bond acceptors (Lipinski definition) is 5. The van der Waals surface area contributed by atoms with Crippen LogP contribution in [0.5, 0.6) is 0 Å². The molecule has 148 valence electrons. The molecule has 2 atom stereocenters. The number of fused-ring (bicyclic) bond motifs is 1. The van der Waals surface area contributed by atoms with Crippen molar-refractivity contribution in [3.8, 4) is 0 Å². The lowest BCUT2D eigenvalue weighted by atomic mass is 9.81. The molecule has 0 amide bonds. The van der Waals surface area contributed by atoms with Crippen molar-refractivity contribution in [2.75, 3.05) is 45.8 Å². The van der Waals surface area contributed by atoms with E-state index in [1.807, 2.05) is 24.5 Å². The van der Waals surface area contributed by atoms with Gasteiger partial charge in [0.15, 0.2) is 0 Å². The molecule has 0 spiro atoms. The summed E-state index contributed by atoms with van der Waals surface area (Å²) in [5.41, 5.74) is 0.624. The number of pyridine rings is 1. The third-order valence-corrected chi connectivity index (χ3v) is 6.90. The number of likely N-dealkylation sites (tertiary alicyclic amines) is 3. The van der Waals surface area contributed by atoms with Crippen LogP contribution in [0.2, 0.25) is 0 Å². The summed E-state index contributed by atoms with van der Waals surface area (Å²) in [6.07, 6.45) is 7.20. The lowest BCUT2D eigenvalue weighted by molar-refractivity contribution is -0.149. The molecule has 3 aliphatic rings. The van der Waals surface area contributed by atoms with Crippen molar-refractivity contribution in [3.05, 3.63) is 30.1 Å². The fourth-order valence-electron chi connectivity index (χ4n) is 5.48. The van der Waals surface area contributed by atoms with Crippen LogP contribution in [0.15, 0.2) is 24.5 Å². The van der Waals surface area contributed by atoms with Gasteiger partial charge in [-0.1, -0.05) is 6.92 Å². The van der Waals surface area contributed by atoms with Crippen LogP contribution in [-0.2, 0) is 11.3 Å². The quantitative estimate of drug-likeness (QED) is 0.821. The molecule has 27 heavy (non-hydrogen) atoms. The maximum Gasteiger partial charge on any atom is 0.312 e. The minimum Gasteiger partial charge on any atom is -0.481 e. The van der Waals surface area contributed by atoms with Crippen molar-refractivity contribution in [2.45, 2.75) is 38.8 Å². The predicted molar refractivity (Wildman–Crippen MR) is 104 cm³/mol. The van der Waals surface area contributed by atoms with E-state index in [9.17, 15) is 9.90 Å². The molecule has 0 radical (unpaired) electrons. The van der Waals surface area contributed by atoms with Crippen LogP contribution >= 0.6 is 0 Å². The van der Waals surface area contributed by atoms with E-state index in [1.165, 1.54) is 31.4 Å². The van der Waals surface area contributed by atoms with Crippen LogP contribution in [0.25, 0.3) is 0 Å². The molecule has 0 bridgehead atoms. The number of carbonyl (C=O) groups is 1. The third kappa shape index (κ3) is 3.75. The Balaban J connectivity index is 1.39. The van der Waals surface area contributed by atoms with Gasteiger partial charge in [-0.2, -0.15) is 0 Å². The van der Waals surface area contributed by atoms with E-state index >= 15 is 0 Å². The average Bonchev–Trinajstić information content (AvgIpc) is 3.18. The van der Waals surface area contributed by atoms with E-state index in [0.29, 0.717) is 12.6 Å². The molecule has 3 saturated heterocycles. The van der Waals surface area contributed by atoms with E-state index in [-0.39, 0.29) is 5.92 Å². The lowest BCUT2D eigenvalue weighted by Crippen LogP contribution is -2.47. The Bertz CT molecular complexity index is 647. The van der Waals surface area contributed by atoms with Crippen molar-refractivity contribution in [2.24, 2.45) is 11.3 Å². The highest BCUT2D eigenvalue weighted by Crippen LogP contribution is 2.44. The van der Waals surface area contributed by atoms with Crippen LogP contribution in [0.4, 0.5) is 0 Å². The van der Waals surface area contributed by atoms with Gasteiger partial charge in [0.1, 0.15) is 0 Å². The summed E-state index contributed by atoms with van der Waals surface area (Å²) in [5.74, 6) is -0.360. The SMILES string of the molecule is CCCN1CCC(N2C[C@@H]3CN(Cc4ccncc4)C[C@]3(C(=O)O)C2)CC1. The second kappa shape index (κ2) is 7.86. The van der Waals surface area contributed by atoms with Crippen molar-refractivity contribution < 1.29 is 9.90 Å². The zero-order valence-electron chi connectivity index (χ0n) is 16.4. The highest BCUT2D eigenvalue weighted by Gasteiger charge is 2.58. The molecule has 1 aromatic heterocycles. The van der Waals surface area contributed by atoms with E-state index in [4.69, 9.17) is 0 Å². The largest absolute Gasteiger partial charge is 0.481 e. The summed E-state index contributed by atoms with van der Waals surface area (Å²) in [6, 6.07) is 4.61. The number of hydrogen-bond donors (Lipinski definition) is 1. The molecule has 6 nitrogen and oxygen atoms in total. The van der Waals surface area contributed by atoms with Crippen LogP contribution in [0.3, 0.4) is 0 Å². The molecule has 3 fully saturated rings. The number of carboxylic acid groups (broad SMARTS) is 1. The first-order valence-electron chi connectivity index (χ1n) is 10.4. The van der Waals surface area contributed by atoms with E-state index in [2.05, 4.69) is 26.6 Å². The van der Waals surface area contributed by atoms with Gasteiger partial charge in [-0.25, -0.2) is 0 Å². The Morgan fingerprint density at radius 2 is 1.93 bits per heavy atom. The monoisotopic (exact) mass is 372 g/mol. The average molecular weight is 373 g/mol. The zero-order valence-corrected chi connectivity index (χ0v) is 16.4. The van der Waals surface area contributed by atoms with Crippen LogP contribution in [0, 0.1) is 11.3 Å². The molecule has 4 heterocycles.